The lowest BCUT2D eigenvalue weighted by atomic mass is 10.1. The van der Waals surface area contributed by atoms with E-state index in [2.05, 4.69) is 24.8 Å². The Kier molecular flexibility index (Phi) is 5.45. The fraction of sp³-hybridized carbons (Fsp3) is 0.217. The summed E-state index contributed by atoms with van der Waals surface area (Å²) in [5.41, 5.74) is 2.69. The Hall–Kier alpha value is -3.52. The first kappa shape index (κ1) is 20.4. The van der Waals surface area contributed by atoms with Crippen molar-refractivity contribution in [1.29, 1.82) is 0 Å². The van der Waals surface area contributed by atoms with Crippen molar-refractivity contribution in [3.63, 3.8) is 0 Å². The topological polar surface area (TPSA) is 78.0 Å². The van der Waals surface area contributed by atoms with Gasteiger partial charge in [-0.15, -0.1) is 0 Å². The molecule has 7 nitrogen and oxygen atoms in total. The predicted octanol–water partition coefficient (Wildman–Crippen LogP) is 3.70. The highest BCUT2D eigenvalue weighted by Crippen LogP contribution is 2.26. The minimum absolute atomic E-state index is 0.0560. The second-order valence-corrected chi connectivity index (χ2v) is 8.03. The van der Waals surface area contributed by atoms with Gasteiger partial charge in [0.05, 0.1) is 6.42 Å². The molecule has 4 aromatic rings. The number of nitrogens with one attached hydrogen (secondary N) is 1. The summed E-state index contributed by atoms with van der Waals surface area (Å²) in [7, 11) is 0. The maximum absolute atomic E-state index is 13.6. The number of carbonyl (C=O) groups excluding carboxylic acids is 1. The Bertz CT molecular complexity index is 1280. The van der Waals surface area contributed by atoms with E-state index in [1.54, 1.807) is 18.2 Å². The van der Waals surface area contributed by atoms with Gasteiger partial charge in [0.1, 0.15) is 23.5 Å². The highest BCUT2D eigenvalue weighted by atomic mass is 35.5. The number of H-pyrrole nitrogens is 1. The first-order chi connectivity index (χ1) is 15.6. The highest BCUT2D eigenvalue weighted by molar-refractivity contribution is 6.31. The van der Waals surface area contributed by atoms with Crippen LogP contribution < -0.4 is 4.90 Å². The molecule has 5 rings (SSSR count). The van der Waals surface area contributed by atoms with Crippen LogP contribution in [0.15, 0.2) is 54.9 Å². The van der Waals surface area contributed by atoms with Crippen molar-refractivity contribution in [3.8, 4) is 11.4 Å². The number of aromatic nitrogens is 4. The molecule has 9 heteroatoms. The molecule has 0 bridgehead atoms. The molecular weight excluding hydrogens is 431 g/mol. The Morgan fingerprint density at radius 2 is 1.88 bits per heavy atom. The second kappa shape index (κ2) is 8.55. The Labute approximate surface area is 188 Å². The molecular formula is C23H20ClFN6O. The van der Waals surface area contributed by atoms with Gasteiger partial charge in [0, 0.05) is 36.8 Å². The number of fused-ring (bicyclic) bond motifs is 1. The molecule has 0 unspecified atom stereocenters. The van der Waals surface area contributed by atoms with Gasteiger partial charge in [0.2, 0.25) is 5.91 Å². The van der Waals surface area contributed by atoms with Gasteiger partial charge in [0.25, 0.3) is 0 Å². The zero-order chi connectivity index (χ0) is 22.1. The van der Waals surface area contributed by atoms with Gasteiger partial charge < -0.3 is 14.8 Å². The van der Waals surface area contributed by atoms with Gasteiger partial charge in [-0.25, -0.2) is 19.3 Å². The summed E-state index contributed by atoms with van der Waals surface area (Å²) in [6.45, 7) is 2.43. The highest BCUT2D eigenvalue weighted by Gasteiger charge is 2.24. The molecule has 2 aromatic heterocycles. The summed E-state index contributed by atoms with van der Waals surface area (Å²) in [4.78, 5) is 33.1. The number of benzene rings is 2. The fourth-order valence-corrected chi connectivity index (χ4v) is 4.12. The van der Waals surface area contributed by atoms with E-state index in [4.69, 9.17) is 11.6 Å². The summed E-state index contributed by atoms with van der Waals surface area (Å²) in [6, 6.07) is 13.7. The number of aromatic amines is 1. The molecule has 0 atom stereocenters. The van der Waals surface area contributed by atoms with Crippen molar-refractivity contribution in [3.05, 3.63) is 71.3 Å². The Morgan fingerprint density at radius 3 is 2.66 bits per heavy atom. The van der Waals surface area contributed by atoms with Crippen molar-refractivity contribution in [2.45, 2.75) is 6.42 Å². The third-order valence-corrected chi connectivity index (χ3v) is 5.97. The summed E-state index contributed by atoms with van der Waals surface area (Å²) in [5.74, 6) is 0.991. The largest absolute Gasteiger partial charge is 0.351 e. The summed E-state index contributed by atoms with van der Waals surface area (Å²) >= 11 is 6.20. The van der Waals surface area contributed by atoms with Crippen LogP contribution in [0.1, 0.15) is 5.56 Å². The number of piperazine rings is 1. The monoisotopic (exact) mass is 450 g/mol. The van der Waals surface area contributed by atoms with Crippen LogP contribution in [0.25, 0.3) is 22.6 Å². The first-order valence-electron chi connectivity index (χ1n) is 10.3. The molecule has 1 N–H and O–H groups in total. The maximum atomic E-state index is 13.6. The van der Waals surface area contributed by atoms with Gasteiger partial charge in [0.15, 0.2) is 11.5 Å². The average molecular weight is 451 g/mol. The van der Waals surface area contributed by atoms with Gasteiger partial charge in [-0.3, -0.25) is 4.79 Å². The molecule has 1 aliphatic rings. The van der Waals surface area contributed by atoms with E-state index >= 15 is 0 Å². The number of anilines is 1. The smallest absolute Gasteiger partial charge is 0.227 e. The van der Waals surface area contributed by atoms with E-state index in [-0.39, 0.29) is 18.1 Å². The van der Waals surface area contributed by atoms with Crippen LogP contribution >= 0.6 is 11.6 Å². The molecule has 0 aliphatic carbocycles. The number of hydrogen-bond donors (Lipinski definition) is 1. The number of imidazole rings is 1. The van der Waals surface area contributed by atoms with E-state index in [0.717, 1.165) is 11.4 Å². The number of rotatable bonds is 4. The van der Waals surface area contributed by atoms with Gasteiger partial charge in [-0.2, -0.15) is 0 Å². The molecule has 0 saturated carbocycles. The van der Waals surface area contributed by atoms with Crippen molar-refractivity contribution >= 4 is 34.5 Å². The molecule has 0 radical (unpaired) electrons. The fourth-order valence-electron chi connectivity index (χ4n) is 3.91. The van der Waals surface area contributed by atoms with Crippen LogP contribution in [0.5, 0.6) is 0 Å². The molecule has 1 fully saturated rings. The molecule has 1 saturated heterocycles. The van der Waals surface area contributed by atoms with Crippen molar-refractivity contribution in [1.82, 2.24) is 24.8 Å². The molecule has 2 aromatic carbocycles. The number of hydrogen-bond acceptors (Lipinski definition) is 5. The number of amides is 1. The van der Waals surface area contributed by atoms with Crippen LogP contribution in [-0.4, -0.2) is 56.9 Å². The molecule has 1 amide bonds. The minimum atomic E-state index is -0.327. The van der Waals surface area contributed by atoms with E-state index in [1.807, 2.05) is 23.1 Å². The van der Waals surface area contributed by atoms with Crippen LogP contribution in [0, 0.1) is 5.82 Å². The van der Waals surface area contributed by atoms with E-state index < -0.39 is 0 Å². The SMILES string of the molecule is O=C(Cc1ccccc1Cl)N1CCN(c2ncnc3nc(-c4cccc(F)c4)[nH]c23)CC1. The van der Waals surface area contributed by atoms with Crippen LogP contribution in [0.3, 0.4) is 0 Å². The van der Waals surface area contributed by atoms with Crippen molar-refractivity contribution < 1.29 is 9.18 Å². The lowest BCUT2D eigenvalue weighted by Gasteiger charge is -2.35. The number of carbonyl (C=O) groups is 1. The lowest BCUT2D eigenvalue weighted by molar-refractivity contribution is -0.130. The summed E-state index contributed by atoms with van der Waals surface area (Å²) in [6.07, 6.45) is 1.76. The van der Waals surface area contributed by atoms with Crippen molar-refractivity contribution in [2.75, 3.05) is 31.1 Å². The summed E-state index contributed by atoms with van der Waals surface area (Å²) < 4.78 is 13.6. The van der Waals surface area contributed by atoms with E-state index in [9.17, 15) is 9.18 Å². The van der Waals surface area contributed by atoms with E-state index in [1.165, 1.54) is 18.5 Å². The molecule has 1 aliphatic heterocycles. The zero-order valence-electron chi connectivity index (χ0n) is 17.1. The average Bonchev–Trinajstić information content (AvgIpc) is 3.25. The third-order valence-electron chi connectivity index (χ3n) is 5.60. The molecule has 3 heterocycles. The van der Waals surface area contributed by atoms with E-state index in [0.29, 0.717) is 53.8 Å². The molecule has 32 heavy (non-hydrogen) atoms. The number of nitrogens with zero attached hydrogens (tertiary/aromatic N) is 5. The third kappa shape index (κ3) is 4.01. The Balaban J connectivity index is 1.32. The standard InChI is InChI=1S/C23H20ClFN6O/c24-18-7-2-1-4-15(18)13-19(32)30-8-10-31(11-9-30)23-20-22(26-14-27-23)29-21(28-20)16-5-3-6-17(25)12-16/h1-7,12,14H,8-11,13H2,(H,26,27,28,29). The van der Waals surface area contributed by atoms with Crippen LogP contribution in [-0.2, 0) is 11.2 Å². The van der Waals surface area contributed by atoms with Crippen molar-refractivity contribution in [2.24, 2.45) is 0 Å². The maximum Gasteiger partial charge on any atom is 0.227 e. The summed E-state index contributed by atoms with van der Waals surface area (Å²) in [5, 5.41) is 0.608. The lowest BCUT2D eigenvalue weighted by Crippen LogP contribution is -2.49. The second-order valence-electron chi connectivity index (χ2n) is 7.63. The first-order valence-corrected chi connectivity index (χ1v) is 10.7. The van der Waals surface area contributed by atoms with Gasteiger partial charge >= 0.3 is 0 Å². The zero-order valence-corrected chi connectivity index (χ0v) is 17.9. The predicted molar refractivity (Wildman–Crippen MR) is 121 cm³/mol. The molecule has 0 spiro atoms. The normalized spacial score (nSPS) is 14.2. The van der Waals surface area contributed by atoms with Crippen LogP contribution in [0.4, 0.5) is 10.2 Å². The van der Waals surface area contributed by atoms with Crippen LogP contribution in [0.2, 0.25) is 5.02 Å². The quantitative estimate of drug-likeness (QED) is 0.513. The van der Waals surface area contributed by atoms with Gasteiger partial charge in [-0.1, -0.05) is 41.9 Å². The van der Waals surface area contributed by atoms with Gasteiger partial charge in [-0.05, 0) is 23.8 Å². The number of halogens is 2. The Morgan fingerprint density at radius 1 is 1.06 bits per heavy atom. The molecule has 162 valence electrons. The minimum Gasteiger partial charge on any atom is -0.351 e.